The van der Waals surface area contributed by atoms with Crippen molar-refractivity contribution in [2.24, 2.45) is 0 Å². The van der Waals surface area contributed by atoms with Crippen LogP contribution < -0.4 is 0 Å². The van der Waals surface area contributed by atoms with Gasteiger partial charge in [-0.25, -0.2) is 4.98 Å². The molecule has 0 saturated heterocycles. The number of aliphatic hydroxyl groups excluding tert-OH is 2. The molecule has 0 radical (unpaired) electrons. The van der Waals surface area contributed by atoms with Gasteiger partial charge >= 0.3 is 0 Å². The van der Waals surface area contributed by atoms with Gasteiger partial charge in [0.05, 0.1) is 0 Å². The number of aliphatic hydroxyl groups is 2. The molecule has 0 fully saturated rings. The molecule has 0 spiro atoms. The SMILES string of the molecule is OCCCc1cnc(CCCO)[nH]1. The molecule has 0 saturated carbocycles. The minimum absolute atomic E-state index is 0.201. The summed E-state index contributed by atoms with van der Waals surface area (Å²) < 4.78 is 0. The molecular formula is C9H16N2O2. The molecule has 0 bridgehead atoms. The molecule has 0 aliphatic rings. The number of hydrogen-bond acceptors (Lipinski definition) is 3. The average Bonchev–Trinajstić information content (AvgIpc) is 2.59. The van der Waals surface area contributed by atoms with Gasteiger partial charge in [-0.3, -0.25) is 0 Å². The highest BCUT2D eigenvalue weighted by atomic mass is 16.3. The van der Waals surface area contributed by atoms with Gasteiger partial charge in [-0.2, -0.15) is 0 Å². The molecular weight excluding hydrogens is 168 g/mol. The lowest BCUT2D eigenvalue weighted by atomic mass is 10.2. The minimum Gasteiger partial charge on any atom is -0.396 e. The summed E-state index contributed by atoms with van der Waals surface area (Å²) in [7, 11) is 0. The number of rotatable bonds is 6. The monoisotopic (exact) mass is 184 g/mol. The Morgan fingerprint density at radius 2 is 1.85 bits per heavy atom. The zero-order valence-electron chi connectivity index (χ0n) is 7.66. The van der Waals surface area contributed by atoms with E-state index in [1.807, 2.05) is 0 Å². The fourth-order valence-electron chi connectivity index (χ4n) is 1.18. The second-order valence-corrected chi connectivity index (χ2v) is 3.01. The van der Waals surface area contributed by atoms with Crippen LogP contribution in [0.25, 0.3) is 0 Å². The van der Waals surface area contributed by atoms with Crippen LogP contribution in [-0.4, -0.2) is 33.4 Å². The van der Waals surface area contributed by atoms with Crippen LogP contribution in [0.2, 0.25) is 0 Å². The summed E-state index contributed by atoms with van der Waals surface area (Å²) in [4.78, 5) is 7.31. The van der Waals surface area contributed by atoms with Crippen molar-refractivity contribution in [3.05, 3.63) is 17.7 Å². The first-order chi connectivity index (χ1) is 6.36. The van der Waals surface area contributed by atoms with E-state index < -0.39 is 0 Å². The lowest BCUT2D eigenvalue weighted by molar-refractivity contribution is 0.287. The molecule has 0 aliphatic carbocycles. The first-order valence-corrected chi connectivity index (χ1v) is 4.61. The molecule has 0 amide bonds. The van der Waals surface area contributed by atoms with Crippen LogP contribution in [0.3, 0.4) is 0 Å². The second kappa shape index (κ2) is 5.72. The number of aryl methyl sites for hydroxylation is 2. The molecule has 0 atom stereocenters. The Morgan fingerprint density at radius 1 is 1.15 bits per heavy atom. The maximum atomic E-state index is 8.61. The number of aromatic nitrogens is 2. The van der Waals surface area contributed by atoms with Crippen molar-refractivity contribution in [3.63, 3.8) is 0 Å². The Bertz CT molecular complexity index is 213. The van der Waals surface area contributed by atoms with Crippen molar-refractivity contribution in [1.29, 1.82) is 0 Å². The van der Waals surface area contributed by atoms with E-state index in [0.29, 0.717) is 0 Å². The van der Waals surface area contributed by atoms with E-state index in [-0.39, 0.29) is 13.2 Å². The van der Waals surface area contributed by atoms with Crippen LogP contribution in [0.1, 0.15) is 24.4 Å². The van der Waals surface area contributed by atoms with E-state index in [9.17, 15) is 0 Å². The van der Waals surface area contributed by atoms with Gasteiger partial charge in [-0.05, 0) is 19.3 Å². The van der Waals surface area contributed by atoms with Gasteiger partial charge in [0.1, 0.15) is 5.82 Å². The fourth-order valence-corrected chi connectivity index (χ4v) is 1.18. The zero-order chi connectivity index (χ0) is 9.52. The highest BCUT2D eigenvalue weighted by molar-refractivity contribution is 5.01. The number of hydrogen-bond donors (Lipinski definition) is 3. The summed E-state index contributed by atoms with van der Waals surface area (Å²) in [6.07, 6.45) is 4.93. The summed E-state index contributed by atoms with van der Waals surface area (Å²) in [5.74, 6) is 0.919. The smallest absolute Gasteiger partial charge is 0.106 e. The first-order valence-electron chi connectivity index (χ1n) is 4.61. The molecule has 13 heavy (non-hydrogen) atoms. The predicted molar refractivity (Wildman–Crippen MR) is 49.4 cm³/mol. The van der Waals surface area contributed by atoms with Crippen LogP contribution in [-0.2, 0) is 12.8 Å². The highest BCUT2D eigenvalue weighted by Crippen LogP contribution is 2.02. The quantitative estimate of drug-likeness (QED) is 0.594. The average molecular weight is 184 g/mol. The zero-order valence-corrected chi connectivity index (χ0v) is 7.66. The first kappa shape index (κ1) is 10.2. The molecule has 3 N–H and O–H groups in total. The summed E-state index contributed by atoms with van der Waals surface area (Å²) >= 11 is 0. The van der Waals surface area contributed by atoms with E-state index in [4.69, 9.17) is 10.2 Å². The van der Waals surface area contributed by atoms with Gasteiger partial charge in [0.25, 0.3) is 0 Å². The van der Waals surface area contributed by atoms with E-state index in [1.54, 1.807) is 6.20 Å². The number of H-pyrrole nitrogens is 1. The Kier molecular flexibility index (Phi) is 4.49. The Hall–Kier alpha value is -0.870. The molecule has 1 aromatic rings. The minimum atomic E-state index is 0.201. The van der Waals surface area contributed by atoms with Crippen molar-refractivity contribution in [2.45, 2.75) is 25.7 Å². The highest BCUT2D eigenvalue weighted by Gasteiger charge is 1.99. The van der Waals surface area contributed by atoms with E-state index in [2.05, 4.69) is 9.97 Å². The molecule has 4 nitrogen and oxygen atoms in total. The topological polar surface area (TPSA) is 69.1 Å². The van der Waals surface area contributed by atoms with Crippen molar-refractivity contribution in [3.8, 4) is 0 Å². The fraction of sp³-hybridized carbons (Fsp3) is 0.667. The molecule has 0 aromatic carbocycles. The van der Waals surface area contributed by atoms with Gasteiger partial charge in [-0.15, -0.1) is 0 Å². The lowest BCUT2D eigenvalue weighted by Gasteiger charge is -1.94. The van der Waals surface area contributed by atoms with Gasteiger partial charge < -0.3 is 15.2 Å². The van der Waals surface area contributed by atoms with Crippen molar-refractivity contribution in [1.82, 2.24) is 9.97 Å². The Labute approximate surface area is 77.6 Å². The summed E-state index contributed by atoms with van der Waals surface area (Å²) in [6, 6.07) is 0. The van der Waals surface area contributed by atoms with Crippen LogP contribution in [0.5, 0.6) is 0 Å². The number of imidazole rings is 1. The third-order valence-corrected chi connectivity index (χ3v) is 1.86. The van der Waals surface area contributed by atoms with E-state index in [0.717, 1.165) is 37.2 Å². The Morgan fingerprint density at radius 3 is 2.54 bits per heavy atom. The third-order valence-electron chi connectivity index (χ3n) is 1.86. The molecule has 4 heteroatoms. The van der Waals surface area contributed by atoms with Gasteiger partial charge in [0.2, 0.25) is 0 Å². The maximum absolute atomic E-state index is 8.61. The van der Waals surface area contributed by atoms with Crippen LogP contribution >= 0.6 is 0 Å². The van der Waals surface area contributed by atoms with Gasteiger partial charge in [-0.1, -0.05) is 0 Å². The maximum Gasteiger partial charge on any atom is 0.106 e. The van der Waals surface area contributed by atoms with Crippen LogP contribution in [0.4, 0.5) is 0 Å². The standard InChI is InChI=1S/C9H16N2O2/c12-5-1-3-8-7-10-9(11-8)4-2-6-13/h7,12-13H,1-6H2,(H,10,11). The molecule has 1 rings (SSSR count). The normalized spacial score (nSPS) is 10.6. The number of nitrogens with zero attached hydrogens (tertiary/aromatic N) is 1. The lowest BCUT2D eigenvalue weighted by Crippen LogP contribution is -1.93. The van der Waals surface area contributed by atoms with E-state index in [1.165, 1.54) is 0 Å². The predicted octanol–water partition coefficient (Wildman–Crippen LogP) is 0.259. The van der Waals surface area contributed by atoms with E-state index >= 15 is 0 Å². The van der Waals surface area contributed by atoms with Crippen LogP contribution in [0.15, 0.2) is 6.20 Å². The molecule has 1 heterocycles. The molecule has 0 aliphatic heterocycles. The van der Waals surface area contributed by atoms with Gasteiger partial charge in [0.15, 0.2) is 0 Å². The second-order valence-electron chi connectivity index (χ2n) is 3.01. The largest absolute Gasteiger partial charge is 0.396 e. The molecule has 0 unspecified atom stereocenters. The van der Waals surface area contributed by atoms with Crippen molar-refractivity contribution in [2.75, 3.05) is 13.2 Å². The number of aromatic amines is 1. The van der Waals surface area contributed by atoms with Crippen LogP contribution in [0, 0.1) is 0 Å². The Balaban J connectivity index is 2.34. The van der Waals surface area contributed by atoms with Crippen molar-refractivity contribution >= 4 is 0 Å². The van der Waals surface area contributed by atoms with Crippen molar-refractivity contribution < 1.29 is 10.2 Å². The summed E-state index contributed by atoms with van der Waals surface area (Å²) in [6.45, 7) is 0.414. The summed E-state index contributed by atoms with van der Waals surface area (Å²) in [5, 5.41) is 17.2. The molecule has 1 aromatic heterocycles. The molecule has 74 valence electrons. The third kappa shape index (κ3) is 3.57. The number of nitrogens with one attached hydrogen (secondary N) is 1. The van der Waals surface area contributed by atoms with Gasteiger partial charge in [0, 0.05) is 31.5 Å². The summed E-state index contributed by atoms with van der Waals surface area (Å²) in [5.41, 5.74) is 1.06.